The van der Waals surface area contributed by atoms with Gasteiger partial charge in [0.15, 0.2) is 0 Å². The normalized spacial score (nSPS) is 10.4. The Hall–Kier alpha value is -1.42. The molecule has 100 valence electrons. The zero-order chi connectivity index (χ0) is 13.4. The molecule has 0 saturated heterocycles. The molecule has 0 aliphatic heterocycles. The number of hydrogen-bond donors (Lipinski definition) is 1. The highest BCUT2D eigenvalue weighted by molar-refractivity contribution is 5.95. The summed E-state index contributed by atoms with van der Waals surface area (Å²) >= 11 is 0. The first-order valence-corrected chi connectivity index (χ1v) is 6.27. The molecule has 0 aromatic heterocycles. The number of carbonyl (C=O) groups excluding carboxylic acids is 1. The van der Waals surface area contributed by atoms with Gasteiger partial charge in [0.25, 0.3) is 5.91 Å². The second-order valence-corrected chi connectivity index (χ2v) is 4.18. The number of benzene rings is 1. The largest absolute Gasteiger partial charge is 0.380 e. The van der Waals surface area contributed by atoms with Crippen molar-refractivity contribution < 1.29 is 13.9 Å². The van der Waals surface area contributed by atoms with Crippen molar-refractivity contribution in [1.82, 2.24) is 5.32 Å². The van der Waals surface area contributed by atoms with Crippen molar-refractivity contribution in [3.05, 3.63) is 35.1 Å². The molecule has 0 aliphatic rings. The van der Waals surface area contributed by atoms with E-state index in [9.17, 15) is 9.18 Å². The Kier molecular flexibility index (Phi) is 6.36. The number of aryl methyl sites for hydroxylation is 1. The Bertz CT molecular complexity index is 393. The molecule has 1 aromatic carbocycles. The van der Waals surface area contributed by atoms with Gasteiger partial charge in [0.2, 0.25) is 0 Å². The molecule has 1 rings (SSSR count). The van der Waals surface area contributed by atoms with Crippen LogP contribution in [0.2, 0.25) is 0 Å². The lowest BCUT2D eigenvalue weighted by molar-refractivity contribution is 0.0912. The monoisotopic (exact) mass is 253 g/mol. The zero-order valence-corrected chi connectivity index (χ0v) is 11.0. The van der Waals surface area contributed by atoms with Crippen LogP contribution in [0.1, 0.15) is 35.7 Å². The second kappa shape index (κ2) is 7.82. The lowest BCUT2D eigenvalue weighted by Gasteiger charge is -2.08. The van der Waals surface area contributed by atoms with Gasteiger partial charge in [-0.1, -0.05) is 13.3 Å². The summed E-state index contributed by atoms with van der Waals surface area (Å²) in [5.41, 5.74) is 1.14. The average molecular weight is 253 g/mol. The quantitative estimate of drug-likeness (QED) is 0.759. The lowest BCUT2D eigenvalue weighted by atomic mass is 10.1. The maximum atomic E-state index is 12.9. The average Bonchev–Trinajstić information content (AvgIpc) is 2.33. The predicted octanol–water partition coefficient (Wildman–Crippen LogP) is 2.68. The van der Waals surface area contributed by atoms with Crippen molar-refractivity contribution in [2.24, 2.45) is 0 Å². The Morgan fingerprint density at radius 2 is 2.17 bits per heavy atom. The molecule has 0 bridgehead atoms. The fourth-order valence-electron chi connectivity index (χ4n) is 1.56. The van der Waals surface area contributed by atoms with Crippen LogP contribution in [0.25, 0.3) is 0 Å². The van der Waals surface area contributed by atoms with Gasteiger partial charge in [0, 0.05) is 18.7 Å². The van der Waals surface area contributed by atoms with Crippen LogP contribution in [0.3, 0.4) is 0 Å². The molecule has 0 heterocycles. The van der Waals surface area contributed by atoms with E-state index < -0.39 is 0 Å². The van der Waals surface area contributed by atoms with E-state index in [0.29, 0.717) is 24.3 Å². The van der Waals surface area contributed by atoms with Gasteiger partial charge in [-0.2, -0.15) is 0 Å². The lowest BCUT2D eigenvalue weighted by Crippen LogP contribution is -2.28. The molecule has 1 N–H and O–H groups in total. The van der Waals surface area contributed by atoms with Crippen LogP contribution in [0.4, 0.5) is 4.39 Å². The van der Waals surface area contributed by atoms with Crippen molar-refractivity contribution in [2.45, 2.75) is 26.7 Å². The number of amides is 1. The first-order chi connectivity index (χ1) is 8.65. The highest BCUT2D eigenvalue weighted by atomic mass is 19.1. The van der Waals surface area contributed by atoms with E-state index in [1.165, 1.54) is 18.2 Å². The summed E-state index contributed by atoms with van der Waals surface area (Å²) in [6.45, 7) is 5.52. The topological polar surface area (TPSA) is 38.3 Å². The molecule has 0 unspecified atom stereocenters. The summed E-state index contributed by atoms with van der Waals surface area (Å²) in [7, 11) is 0. The van der Waals surface area contributed by atoms with Crippen LogP contribution < -0.4 is 5.32 Å². The van der Waals surface area contributed by atoms with E-state index in [1.54, 1.807) is 6.92 Å². The number of rotatable bonds is 7. The number of nitrogens with one attached hydrogen (secondary N) is 1. The summed E-state index contributed by atoms with van der Waals surface area (Å²) in [6, 6.07) is 4.14. The molecular weight excluding hydrogens is 233 g/mol. The molecule has 0 spiro atoms. The van der Waals surface area contributed by atoms with E-state index in [4.69, 9.17) is 4.74 Å². The van der Waals surface area contributed by atoms with Crippen molar-refractivity contribution in [2.75, 3.05) is 19.8 Å². The third-order valence-corrected chi connectivity index (χ3v) is 2.61. The van der Waals surface area contributed by atoms with Gasteiger partial charge < -0.3 is 10.1 Å². The maximum absolute atomic E-state index is 12.9. The maximum Gasteiger partial charge on any atom is 0.251 e. The van der Waals surface area contributed by atoms with Crippen LogP contribution in [0.5, 0.6) is 0 Å². The first kappa shape index (κ1) is 14.6. The summed E-state index contributed by atoms with van der Waals surface area (Å²) in [4.78, 5) is 11.8. The number of ether oxygens (including phenoxy) is 1. The van der Waals surface area contributed by atoms with Crippen LogP contribution in [-0.4, -0.2) is 25.7 Å². The third kappa shape index (κ3) is 4.84. The number of hydrogen-bond acceptors (Lipinski definition) is 2. The molecule has 1 aromatic rings. The molecule has 0 aliphatic carbocycles. The Balaban J connectivity index is 2.32. The smallest absolute Gasteiger partial charge is 0.251 e. The van der Waals surface area contributed by atoms with Gasteiger partial charge in [-0.25, -0.2) is 4.39 Å². The summed E-state index contributed by atoms with van der Waals surface area (Å²) in [5, 5.41) is 2.75. The SMILES string of the molecule is CCCCOCCNC(=O)c1ccc(F)cc1C. The Labute approximate surface area is 107 Å². The number of unbranched alkanes of at least 4 members (excludes halogenated alkanes) is 1. The fraction of sp³-hybridized carbons (Fsp3) is 0.500. The van der Waals surface area contributed by atoms with E-state index >= 15 is 0 Å². The van der Waals surface area contributed by atoms with Gasteiger partial charge in [0.1, 0.15) is 5.82 Å². The Morgan fingerprint density at radius 3 is 2.83 bits per heavy atom. The van der Waals surface area contributed by atoms with Gasteiger partial charge in [-0.3, -0.25) is 4.79 Å². The second-order valence-electron chi connectivity index (χ2n) is 4.18. The molecule has 3 nitrogen and oxygen atoms in total. The van der Waals surface area contributed by atoms with Gasteiger partial charge in [-0.15, -0.1) is 0 Å². The van der Waals surface area contributed by atoms with Crippen molar-refractivity contribution in [3.63, 3.8) is 0 Å². The molecule has 0 atom stereocenters. The van der Waals surface area contributed by atoms with Gasteiger partial charge in [0.05, 0.1) is 6.61 Å². The minimum atomic E-state index is -0.327. The van der Waals surface area contributed by atoms with Gasteiger partial charge >= 0.3 is 0 Å². The summed E-state index contributed by atoms with van der Waals surface area (Å²) < 4.78 is 18.2. The van der Waals surface area contributed by atoms with Crippen LogP contribution in [-0.2, 0) is 4.74 Å². The van der Waals surface area contributed by atoms with Crippen molar-refractivity contribution >= 4 is 5.91 Å². The first-order valence-electron chi connectivity index (χ1n) is 6.27. The van der Waals surface area contributed by atoms with Crippen LogP contribution >= 0.6 is 0 Å². The molecule has 0 fully saturated rings. The third-order valence-electron chi connectivity index (χ3n) is 2.61. The minimum absolute atomic E-state index is 0.188. The molecular formula is C14H20FNO2. The van der Waals surface area contributed by atoms with Crippen molar-refractivity contribution in [3.8, 4) is 0 Å². The molecule has 0 radical (unpaired) electrons. The van der Waals surface area contributed by atoms with E-state index in [0.717, 1.165) is 19.4 Å². The van der Waals surface area contributed by atoms with Gasteiger partial charge in [-0.05, 0) is 37.1 Å². The predicted molar refractivity (Wildman–Crippen MR) is 69.2 cm³/mol. The molecule has 18 heavy (non-hydrogen) atoms. The van der Waals surface area contributed by atoms with Crippen LogP contribution in [0, 0.1) is 12.7 Å². The summed E-state index contributed by atoms with van der Waals surface area (Å²) in [6.07, 6.45) is 2.13. The number of carbonyl (C=O) groups is 1. The highest BCUT2D eigenvalue weighted by Crippen LogP contribution is 2.09. The number of halogens is 1. The fourth-order valence-corrected chi connectivity index (χ4v) is 1.56. The molecule has 1 amide bonds. The highest BCUT2D eigenvalue weighted by Gasteiger charge is 2.08. The van der Waals surface area contributed by atoms with Crippen molar-refractivity contribution in [1.29, 1.82) is 0 Å². The standard InChI is InChI=1S/C14H20FNO2/c1-3-4-8-18-9-7-16-14(17)13-6-5-12(15)10-11(13)2/h5-6,10H,3-4,7-9H2,1-2H3,(H,16,17). The Morgan fingerprint density at radius 1 is 1.39 bits per heavy atom. The molecule has 0 saturated carbocycles. The zero-order valence-electron chi connectivity index (χ0n) is 11.0. The van der Waals surface area contributed by atoms with E-state index in [-0.39, 0.29) is 11.7 Å². The summed E-state index contributed by atoms with van der Waals surface area (Å²) in [5.74, 6) is -0.515. The van der Waals surface area contributed by atoms with E-state index in [2.05, 4.69) is 12.2 Å². The van der Waals surface area contributed by atoms with Crippen LogP contribution in [0.15, 0.2) is 18.2 Å². The molecule has 4 heteroatoms. The minimum Gasteiger partial charge on any atom is -0.380 e. The van der Waals surface area contributed by atoms with E-state index in [1.807, 2.05) is 0 Å².